The van der Waals surface area contributed by atoms with Gasteiger partial charge in [0.2, 0.25) is 0 Å². The molecule has 4 heteroatoms. The molecule has 0 heterocycles. The molecule has 1 unspecified atom stereocenters. The maximum absolute atomic E-state index is 12.3. The van der Waals surface area contributed by atoms with Gasteiger partial charge in [0, 0.05) is 6.42 Å². The summed E-state index contributed by atoms with van der Waals surface area (Å²) < 4.78 is 5.47. The van der Waals surface area contributed by atoms with Gasteiger partial charge < -0.3 is 10.5 Å². The van der Waals surface area contributed by atoms with Gasteiger partial charge >= 0.3 is 5.97 Å². The van der Waals surface area contributed by atoms with Crippen LogP contribution in [-0.4, -0.2) is 18.0 Å². The highest BCUT2D eigenvalue weighted by atomic mass is 16.5. The van der Waals surface area contributed by atoms with Gasteiger partial charge in [-0.25, -0.2) is 0 Å². The second-order valence-corrected chi connectivity index (χ2v) is 15.6. The summed E-state index contributed by atoms with van der Waals surface area (Å²) in [5, 5.41) is 0. The van der Waals surface area contributed by atoms with Crippen LogP contribution in [0.4, 0.5) is 0 Å². The predicted molar refractivity (Wildman–Crippen MR) is 215 cm³/mol. The molecule has 0 fully saturated rings. The second-order valence-electron chi connectivity index (χ2n) is 15.6. The molecule has 0 saturated heterocycles. The normalized spacial score (nSPS) is 12.0. The zero-order valence-corrected chi connectivity index (χ0v) is 33.7. The molecule has 292 valence electrons. The number of ether oxygens (including phenoxy) is 1. The van der Waals surface area contributed by atoms with Crippen LogP contribution in [-0.2, 0) is 14.3 Å². The van der Waals surface area contributed by atoms with Crippen LogP contribution in [0.5, 0.6) is 0 Å². The topological polar surface area (TPSA) is 69.4 Å². The van der Waals surface area contributed by atoms with Crippen molar-refractivity contribution in [2.75, 3.05) is 0 Å². The zero-order valence-electron chi connectivity index (χ0n) is 33.7. The summed E-state index contributed by atoms with van der Waals surface area (Å²) in [6, 6.07) is 0. The Bertz CT molecular complexity index is 666. The number of carbonyl (C=O) groups excluding carboxylic acids is 2. The number of rotatable bonds is 42. The quantitative estimate of drug-likeness (QED) is 0.0511. The van der Waals surface area contributed by atoms with Crippen molar-refractivity contribution in [3.63, 3.8) is 0 Å². The fraction of sp³-hybridized carbons (Fsp3) is 0.956. The number of hydrogen-bond acceptors (Lipinski definition) is 3. The molecule has 0 aliphatic carbocycles. The smallest absolute Gasteiger partial charge is 0.306 e. The third kappa shape index (κ3) is 39.6. The average Bonchev–Trinajstić information content (AvgIpc) is 3.09. The summed E-state index contributed by atoms with van der Waals surface area (Å²) in [5.41, 5.74) is 5.55. The molecule has 4 nitrogen and oxygen atoms in total. The first-order chi connectivity index (χ1) is 24.1. The summed E-state index contributed by atoms with van der Waals surface area (Å²) in [5.74, 6) is -0.753. The van der Waals surface area contributed by atoms with E-state index in [1.165, 1.54) is 218 Å². The molecule has 1 amide bonds. The van der Waals surface area contributed by atoms with Gasteiger partial charge in [0.05, 0.1) is 0 Å². The lowest BCUT2D eigenvalue weighted by Gasteiger charge is -2.14. The van der Waals surface area contributed by atoms with Crippen LogP contribution in [0.1, 0.15) is 271 Å². The molecule has 0 aromatic heterocycles. The van der Waals surface area contributed by atoms with Crippen molar-refractivity contribution in [2.45, 2.75) is 277 Å². The summed E-state index contributed by atoms with van der Waals surface area (Å²) in [4.78, 5) is 24.1. The molecule has 0 saturated carbocycles. The Hall–Kier alpha value is -1.06. The SMILES string of the molecule is CCCCCCCCCCCCCCCCCCCCCCCCCC(OC(=O)CCCCCCCCCCCCCCCCC)C(N)=O. The van der Waals surface area contributed by atoms with Crippen molar-refractivity contribution in [3.8, 4) is 0 Å². The molecule has 49 heavy (non-hydrogen) atoms. The van der Waals surface area contributed by atoms with E-state index in [2.05, 4.69) is 13.8 Å². The Morgan fingerprint density at radius 1 is 0.367 bits per heavy atom. The van der Waals surface area contributed by atoms with E-state index in [1.54, 1.807) is 0 Å². The van der Waals surface area contributed by atoms with Crippen LogP contribution < -0.4 is 5.73 Å². The molecule has 0 aromatic rings. The maximum Gasteiger partial charge on any atom is 0.306 e. The third-order valence-corrected chi connectivity index (χ3v) is 10.6. The minimum absolute atomic E-state index is 0.257. The fourth-order valence-electron chi connectivity index (χ4n) is 7.23. The van der Waals surface area contributed by atoms with Crippen LogP contribution >= 0.6 is 0 Å². The lowest BCUT2D eigenvalue weighted by Crippen LogP contribution is -2.33. The second kappa shape index (κ2) is 41.4. The van der Waals surface area contributed by atoms with Crippen LogP contribution in [0.2, 0.25) is 0 Å². The van der Waals surface area contributed by atoms with Gasteiger partial charge in [0.25, 0.3) is 5.91 Å². The number of hydrogen-bond donors (Lipinski definition) is 1. The van der Waals surface area contributed by atoms with Crippen molar-refractivity contribution < 1.29 is 14.3 Å². The van der Waals surface area contributed by atoms with Crippen LogP contribution in [0.25, 0.3) is 0 Å². The molecule has 0 aliphatic heterocycles. The summed E-state index contributed by atoms with van der Waals surface area (Å²) in [6.07, 6.45) is 51.2. The van der Waals surface area contributed by atoms with Crippen molar-refractivity contribution in [1.82, 2.24) is 0 Å². The zero-order chi connectivity index (χ0) is 35.7. The average molecular weight is 692 g/mol. The van der Waals surface area contributed by atoms with Crippen molar-refractivity contribution >= 4 is 11.9 Å². The molecule has 1 atom stereocenters. The Kier molecular flexibility index (Phi) is 40.5. The van der Waals surface area contributed by atoms with Gasteiger partial charge in [-0.15, -0.1) is 0 Å². The predicted octanol–water partition coefficient (Wildman–Crippen LogP) is 15.0. The van der Waals surface area contributed by atoms with Gasteiger partial charge in [-0.05, 0) is 19.3 Å². The lowest BCUT2D eigenvalue weighted by atomic mass is 10.0. The summed E-state index contributed by atoms with van der Waals surface area (Å²) >= 11 is 0. The Morgan fingerprint density at radius 2 is 0.592 bits per heavy atom. The van der Waals surface area contributed by atoms with Crippen LogP contribution in [0.3, 0.4) is 0 Å². The first-order valence-corrected chi connectivity index (χ1v) is 22.6. The first kappa shape index (κ1) is 47.9. The van der Waals surface area contributed by atoms with Gasteiger partial charge in [-0.2, -0.15) is 0 Å². The number of carbonyl (C=O) groups is 2. The molecular formula is C45H89NO3. The van der Waals surface area contributed by atoms with Crippen molar-refractivity contribution in [1.29, 1.82) is 0 Å². The Labute approximate surface area is 308 Å². The first-order valence-electron chi connectivity index (χ1n) is 22.6. The molecule has 0 bridgehead atoms. The van der Waals surface area contributed by atoms with Gasteiger partial charge in [0.1, 0.15) is 0 Å². The van der Waals surface area contributed by atoms with E-state index in [4.69, 9.17) is 10.5 Å². The highest BCUT2D eigenvalue weighted by molar-refractivity contribution is 5.82. The van der Waals surface area contributed by atoms with Crippen LogP contribution in [0, 0.1) is 0 Å². The van der Waals surface area contributed by atoms with E-state index in [0.29, 0.717) is 12.8 Å². The largest absolute Gasteiger partial charge is 0.452 e. The number of amides is 1. The van der Waals surface area contributed by atoms with Gasteiger partial charge in [-0.1, -0.05) is 245 Å². The lowest BCUT2D eigenvalue weighted by molar-refractivity contribution is -0.155. The molecule has 0 rings (SSSR count). The minimum Gasteiger partial charge on any atom is -0.452 e. The van der Waals surface area contributed by atoms with E-state index in [9.17, 15) is 9.59 Å². The van der Waals surface area contributed by atoms with E-state index < -0.39 is 12.0 Å². The summed E-state index contributed by atoms with van der Waals surface area (Å²) in [7, 11) is 0. The van der Waals surface area contributed by atoms with Gasteiger partial charge in [0.15, 0.2) is 6.10 Å². The monoisotopic (exact) mass is 692 g/mol. The van der Waals surface area contributed by atoms with E-state index in [1.807, 2.05) is 0 Å². The maximum atomic E-state index is 12.3. The molecule has 0 aliphatic rings. The van der Waals surface area contributed by atoms with E-state index >= 15 is 0 Å². The Morgan fingerprint density at radius 3 is 0.837 bits per heavy atom. The number of nitrogens with two attached hydrogens (primary N) is 1. The molecule has 2 N–H and O–H groups in total. The van der Waals surface area contributed by atoms with E-state index in [-0.39, 0.29) is 5.97 Å². The highest BCUT2D eigenvalue weighted by Crippen LogP contribution is 2.17. The van der Waals surface area contributed by atoms with Gasteiger partial charge in [-0.3, -0.25) is 9.59 Å². The Balaban J connectivity index is 3.44. The summed E-state index contributed by atoms with van der Waals surface area (Å²) in [6.45, 7) is 4.57. The minimum atomic E-state index is -0.751. The third-order valence-electron chi connectivity index (χ3n) is 10.6. The standard InChI is InChI=1S/C45H89NO3/c1-3-5-7-9-11-13-15-17-19-20-21-22-23-24-25-26-28-29-31-33-35-37-39-41-43(45(46)48)49-44(47)42-40-38-36-34-32-30-27-18-16-14-12-10-8-6-4-2/h43H,3-42H2,1-2H3,(H2,46,48). The van der Waals surface area contributed by atoms with Crippen LogP contribution in [0.15, 0.2) is 0 Å². The molecule has 0 aromatic carbocycles. The fourth-order valence-corrected chi connectivity index (χ4v) is 7.23. The molecule has 0 radical (unpaired) electrons. The van der Waals surface area contributed by atoms with Crippen molar-refractivity contribution in [3.05, 3.63) is 0 Å². The highest BCUT2D eigenvalue weighted by Gasteiger charge is 2.19. The molecular weight excluding hydrogens is 602 g/mol. The number of primary amides is 1. The van der Waals surface area contributed by atoms with E-state index in [0.717, 1.165) is 25.7 Å². The number of unbranched alkanes of at least 4 members (excludes halogenated alkanes) is 36. The molecule has 0 spiro atoms. The number of esters is 1. The van der Waals surface area contributed by atoms with Crippen molar-refractivity contribution in [2.24, 2.45) is 5.73 Å².